The van der Waals surface area contributed by atoms with Crippen molar-refractivity contribution in [3.8, 4) is 5.75 Å². The summed E-state index contributed by atoms with van der Waals surface area (Å²) in [6.45, 7) is 1.16. The minimum absolute atomic E-state index is 0.323. The second-order valence-corrected chi connectivity index (χ2v) is 3.37. The zero-order chi connectivity index (χ0) is 11.1. The van der Waals surface area contributed by atoms with Gasteiger partial charge in [0.15, 0.2) is 0 Å². The average Bonchev–Trinajstić information content (AvgIpc) is 2.19. The SMILES string of the molecule is C[C@@]1(C(=O)[O-])Oc2ccccc2NC1=O. The van der Waals surface area contributed by atoms with Gasteiger partial charge in [0.25, 0.3) is 5.91 Å². The number of carboxylic acids is 1. The molecule has 0 radical (unpaired) electrons. The predicted octanol–water partition coefficient (Wildman–Crippen LogP) is -0.474. The van der Waals surface area contributed by atoms with E-state index < -0.39 is 17.5 Å². The summed E-state index contributed by atoms with van der Waals surface area (Å²) < 4.78 is 5.12. The number of carboxylic acid groups (broad SMARTS) is 1. The van der Waals surface area contributed by atoms with Crippen LogP contribution in [-0.4, -0.2) is 17.5 Å². The Bertz CT molecular complexity index is 443. The zero-order valence-corrected chi connectivity index (χ0v) is 7.94. The van der Waals surface area contributed by atoms with Crippen molar-refractivity contribution in [3.63, 3.8) is 0 Å². The second-order valence-electron chi connectivity index (χ2n) is 3.37. The molecule has 1 heterocycles. The summed E-state index contributed by atoms with van der Waals surface area (Å²) >= 11 is 0. The average molecular weight is 206 g/mol. The predicted molar refractivity (Wildman–Crippen MR) is 49.1 cm³/mol. The molecule has 1 aromatic carbocycles. The van der Waals surface area contributed by atoms with E-state index in [1.165, 1.54) is 0 Å². The van der Waals surface area contributed by atoms with Gasteiger partial charge in [-0.1, -0.05) is 12.1 Å². The van der Waals surface area contributed by atoms with E-state index in [1.54, 1.807) is 24.3 Å². The van der Waals surface area contributed by atoms with E-state index in [-0.39, 0.29) is 0 Å². The summed E-state index contributed by atoms with van der Waals surface area (Å²) in [6, 6.07) is 6.61. The maximum Gasteiger partial charge on any atom is 0.274 e. The normalized spacial score (nSPS) is 23.7. The van der Waals surface area contributed by atoms with Gasteiger partial charge >= 0.3 is 0 Å². The third kappa shape index (κ3) is 1.32. The number of ether oxygens (including phenoxy) is 1. The molecule has 78 valence electrons. The number of hydrogen-bond donors (Lipinski definition) is 1. The Labute approximate surface area is 85.7 Å². The lowest BCUT2D eigenvalue weighted by Gasteiger charge is -2.34. The first-order valence-corrected chi connectivity index (χ1v) is 4.35. The van der Waals surface area contributed by atoms with Crippen LogP contribution in [0.1, 0.15) is 6.92 Å². The third-order valence-corrected chi connectivity index (χ3v) is 2.27. The number of fused-ring (bicyclic) bond motifs is 1. The maximum atomic E-state index is 11.5. The van der Waals surface area contributed by atoms with Crippen LogP contribution in [-0.2, 0) is 9.59 Å². The van der Waals surface area contributed by atoms with Crippen molar-refractivity contribution in [1.82, 2.24) is 0 Å². The number of rotatable bonds is 1. The van der Waals surface area contributed by atoms with Crippen LogP contribution in [0.25, 0.3) is 0 Å². The molecule has 0 bridgehead atoms. The van der Waals surface area contributed by atoms with E-state index in [0.29, 0.717) is 11.4 Å². The maximum absolute atomic E-state index is 11.5. The van der Waals surface area contributed by atoms with Gasteiger partial charge in [-0.15, -0.1) is 0 Å². The number of amides is 1. The summed E-state index contributed by atoms with van der Waals surface area (Å²) in [6.07, 6.45) is 0. The lowest BCUT2D eigenvalue weighted by Crippen LogP contribution is -2.59. The summed E-state index contributed by atoms with van der Waals surface area (Å²) in [4.78, 5) is 22.3. The van der Waals surface area contributed by atoms with E-state index in [2.05, 4.69) is 5.32 Å². The molecule has 1 aliphatic rings. The third-order valence-electron chi connectivity index (χ3n) is 2.27. The fraction of sp³-hybridized carbons (Fsp3) is 0.200. The Morgan fingerprint density at radius 3 is 2.80 bits per heavy atom. The van der Waals surface area contributed by atoms with Crippen molar-refractivity contribution < 1.29 is 19.4 Å². The molecular weight excluding hydrogens is 198 g/mol. The molecule has 1 N–H and O–H groups in total. The Kier molecular flexibility index (Phi) is 1.89. The molecule has 0 aliphatic carbocycles. The lowest BCUT2D eigenvalue weighted by atomic mass is 10.0. The summed E-state index contributed by atoms with van der Waals surface area (Å²) in [5.41, 5.74) is -1.50. The highest BCUT2D eigenvalue weighted by Crippen LogP contribution is 2.32. The molecule has 0 unspecified atom stereocenters. The van der Waals surface area contributed by atoms with E-state index >= 15 is 0 Å². The van der Waals surface area contributed by atoms with E-state index in [0.717, 1.165) is 6.92 Å². The summed E-state index contributed by atoms with van der Waals surface area (Å²) in [5.74, 6) is -1.97. The number of hydrogen-bond acceptors (Lipinski definition) is 4. The Morgan fingerprint density at radius 2 is 2.13 bits per heavy atom. The van der Waals surface area contributed by atoms with Crippen LogP contribution in [0.5, 0.6) is 5.75 Å². The first-order valence-electron chi connectivity index (χ1n) is 4.35. The molecular formula is C10H8NO4-. The van der Waals surface area contributed by atoms with Gasteiger partial charge in [-0.3, -0.25) is 4.79 Å². The number of carbonyl (C=O) groups is 2. The Morgan fingerprint density at radius 1 is 1.47 bits per heavy atom. The number of para-hydroxylation sites is 2. The molecule has 0 aromatic heterocycles. The number of nitrogens with one attached hydrogen (secondary N) is 1. The molecule has 0 fully saturated rings. The highest BCUT2D eigenvalue weighted by atomic mass is 16.5. The molecule has 15 heavy (non-hydrogen) atoms. The van der Waals surface area contributed by atoms with Crippen molar-refractivity contribution in [1.29, 1.82) is 0 Å². The van der Waals surface area contributed by atoms with Gasteiger partial charge in [-0.25, -0.2) is 0 Å². The fourth-order valence-electron chi connectivity index (χ4n) is 1.30. The number of benzene rings is 1. The van der Waals surface area contributed by atoms with Crippen molar-refractivity contribution in [2.75, 3.05) is 5.32 Å². The van der Waals surface area contributed by atoms with Gasteiger partial charge in [0.2, 0.25) is 5.60 Å². The molecule has 0 saturated heterocycles. The second kappa shape index (κ2) is 2.98. The molecule has 1 atom stereocenters. The lowest BCUT2D eigenvalue weighted by molar-refractivity contribution is -0.318. The van der Waals surface area contributed by atoms with Crippen molar-refractivity contribution in [2.24, 2.45) is 0 Å². The van der Waals surface area contributed by atoms with Gasteiger partial charge in [0.1, 0.15) is 5.75 Å². The van der Waals surface area contributed by atoms with Crippen molar-refractivity contribution in [2.45, 2.75) is 12.5 Å². The van der Waals surface area contributed by atoms with Gasteiger partial charge in [-0.05, 0) is 19.1 Å². The Hall–Kier alpha value is -2.04. The number of carbonyl (C=O) groups excluding carboxylic acids is 2. The van der Waals surface area contributed by atoms with Gasteiger partial charge < -0.3 is 20.0 Å². The summed E-state index contributed by atoms with van der Waals surface area (Å²) in [5, 5.41) is 13.2. The summed E-state index contributed by atoms with van der Waals surface area (Å²) in [7, 11) is 0. The standard InChI is InChI=1S/C10H9NO4/c1-10(9(13)14)8(12)11-6-4-2-3-5-7(6)15-10/h2-5H,1H3,(H,11,12)(H,13,14)/p-1/t10-/m1/s1. The monoisotopic (exact) mass is 206 g/mol. The Balaban J connectivity index is 2.46. The molecule has 1 aliphatic heterocycles. The molecule has 1 amide bonds. The first kappa shape index (κ1) is 9.51. The largest absolute Gasteiger partial charge is 0.545 e. The van der Waals surface area contributed by atoms with Crippen LogP contribution in [0.15, 0.2) is 24.3 Å². The van der Waals surface area contributed by atoms with Crippen LogP contribution >= 0.6 is 0 Å². The molecule has 5 nitrogen and oxygen atoms in total. The quantitative estimate of drug-likeness (QED) is 0.630. The van der Waals surface area contributed by atoms with Gasteiger partial charge in [-0.2, -0.15) is 0 Å². The van der Waals surface area contributed by atoms with Crippen LogP contribution in [0, 0.1) is 0 Å². The highest BCUT2D eigenvalue weighted by molar-refractivity contribution is 6.12. The van der Waals surface area contributed by atoms with E-state index in [1.807, 2.05) is 0 Å². The van der Waals surface area contributed by atoms with Crippen LogP contribution in [0.3, 0.4) is 0 Å². The minimum Gasteiger partial charge on any atom is -0.545 e. The molecule has 0 spiro atoms. The van der Waals surface area contributed by atoms with Crippen LogP contribution < -0.4 is 15.2 Å². The van der Waals surface area contributed by atoms with E-state index in [9.17, 15) is 14.7 Å². The topological polar surface area (TPSA) is 78.5 Å². The zero-order valence-electron chi connectivity index (χ0n) is 7.94. The van der Waals surface area contributed by atoms with Crippen LogP contribution in [0.4, 0.5) is 5.69 Å². The number of aliphatic carboxylic acids is 1. The molecule has 5 heteroatoms. The first-order chi connectivity index (χ1) is 7.04. The fourth-order valence-corrected chi connectivity index (χ4v) is 1.30. The van der Waals surface area contributed by atoms with Crippen molar-refractivity contribution in [3.05, 3.63) is 24.3 Å². The van der Waals surface area contributed by atoms with E-state index in [4.69, 9.17) is 4.74 Å². The van der Waals surface area contributed by atoms with Crippen LogP contribution in [0.2, 0.25) is 0 Å². The minimum atomic E-state index is -1.96. The molecule has 0 saturated carbocycles. The highest BCUT2D eigenvalue weighted by Gasteiger charge is 2.41. The van der Waals surface area contributed by atoms with Gasteiger partial charge in [0, 0.05) is 0 Å². The van der Waals surface area contributed by atoms with Gasteiger partial charge in [0.05, 0.1) is 11.7 Å². The smallest absolute Gasteiger partial charge is 0.274 e. The molecule has 1 aromatic rings. The molecule has 2 rings (SSSR count). The number of anilines is 1. The van der Waals surface area contributed by atoms with Crippen molar-refractivity contribution >= 4 is 17.6 Å².